The van der Waals surface area contributed by atoms with Crippen LogP contribution in [0.3, 0.4) is 0 Å². The summed E-state index contributed by atoms with van der Waals surface area (Å²) < 4.78 is 5.42. The number of likely N-dealkylation sites (tertiary alicyclic amines) is 1. The first kappa shape index (κ1) is 11.0. The molecule has 1 aliphatic rings. The zero-order valence-electron chi connectivity index (χ0n) is 8.67. The standard InChI is InChI=1S/C10H22N2O/c1-2-13-9-10-4-7-12(8-10)6-3-5-11/h10H,2-9,11H2,1H3. The molecule has 78 valence electrons. The van der Waals surface area contributed by atoms with Gasteiger partial charge in [-0.15, -0.1) is 0 Å². The molecular formula is C10H22N2O. The van der Waals surface area contributed by atoms with Crippen molar-refractivity contribution in [1.29, 1.82) is 0 Å². The van der Waals surface area contributed by atoms with E-state index in [1.807, 2.05) is 0 Å². The molecule has 2 N–H and O–H groups in total. The smallest absolute Gasteiger partial charge is 0.0506 e. The van der Waals surface area contributed by atoms with Gasteiger partial charge in [0.15, 0.2) is 0 Å². The Morgan fingerprint density at radius 1 is 1.54 bits per heavy atom. The van der Waals surface area contributed by atoms with Gasteiger partial charge in [-0.3, -0.25) is 0 Å². The lowest BCUT2D eigenvalue weighted by Crippen LogP contribution is -2.24. The van der Waals surface area contributed by atoms with Crippen LogP contribution >= 0.6 is 0 Å². The normalized spacial score (nSPS) is 24.0. The fourth-order valence-electron chi connectivity index (χ4n) is 1.85. The molecule has 1 unspecified atom stereocenters. The van der Waals surface area contributed by atoms with Crippen LogP contribution in [0, 0.1) is 5.92 Å². The van der Waals surface area contributed by atoms with Gasteiger partial charge in [0.25, 0.3) is 0 Å². The van der Waals surface area contributed by atoms with Crippen molar-refractivity contribution >= 4 is 0 Å². The van der Waals surface area contributed by atoms with Crippen molar-refractivity contribution in [2.75, 3.05) is 39.4 Å². The van der Waals surface area contributed by atoms with Crippen LogP contribution in [0.2, 0.25) is 0 Å². The van der Waals surface area contributed by atoms with Crippen LogP contribution in [-0.4, -0.2) is 44.3 Å². The highest BCUT2D eigenvalue weighted by molar-refractivity contribution is 4.75. The van der Waals surface area contributed by atoms with Gasteiger partial charge in [-0.2, -0.15) is 0 Å². The Morgan fingerprint density at radius 3 is 3.08 bits per heavy atom. The van der Waals surface area contributed by atoms with Gasteiger partial charge in [0.05, 0.1) is 6.61 Å². The largest absolute Gasteiger partial charge is 0.381 e. The van der Waals surface area contributed by atoms with E-state index in [1.54, 1.807) is 0 Å². The number of nitrogens with zero attached hydrogens (tertiary/aromatic N) is 1. The molecule has 1 saturated heterocycles. The Bertz CT molecular complexity index is 116. The minimum atomic E-state index is 0.762. The van der Waals surface area contributed by atoms with Crippen molar-refractivity contribution in [3.8, 4) is 0 Å². The Morgan fingerprint density at radius 2 is 2.38 bits per heavy atom. The maximum Gasteiger partial charge on any atom is 0.0506 e. The molecule has 0 aromatic rings. The van der Waals surface area contributed by atoms with E-state index in [-0.39, 0.29) is 0 Å². The third-order valence-corrected chi connectivity index (χ3v) is 2.61. The zero-order chi connectivity index (χ0) is 9.52. The molecule has 0 radical (unpaired) electrons. The highest BCUT2D eigenvalue weighted by Crippen LogP contribution is 2.16. The second-order valence-electron chi connectivity index (χ2n) is 3.76. The summed E-state index contributed by atoms with van der Waals surface area (Å²) in [5.74, 6) is 0.762. The molecule has 1 atom stereocenters. The summed E-state index contributed by atoms with van der Waals surface area (Å²) in [6, 6.07) is 0. The van der Waals surface area contributed by atoms with Crippen LogP contribution in [0.15, 0.2) is 0 Å². The summed E-state index contributed by atoms with van der Waals surface area (Å²) in [6.07, 6.45) is 2.42. The highest BCUT2D eigenvalue weighted by Gasteiger charge is 2.21. The molecule has 1 rings (SSSR count). The summed E-state index contributed by atoms with van der Waals surface area (Å²) in [5, 5.41) is 0. The van der Waals surface area contributed by atoms with Crippen molar-refractivity contribution in [2.45, 2.75) is 19.8 Å². The maximum atomic E-state index is 5.47. The minimum Gasteiger partial charge on any atom is -0.381 e. The van der Waals surface area contributed by atoms with E-state index >= 15 is 0 Å². The molecule has 3 heteroatoms. The SMILES string of the molecule is CCOCC1CCN(CCCN)C1. The molecule has 0 spiro atoms. The molecule has 0 aromatic carbocycles. The van der Waals surface area contributed by atoms with Gasteiger partial charge in [-0.1, -0.05) is 0 Å². The predicted molar refractivity (Wildman–Crippen MR) is 54.7 cm³/mol. The lowest BCUT2D eigenvalue weighted by atomic mass is 10.1. The number of hydrogen-bond donors (Lipinski definition) is 1. The molecule has 1 aliphatic heterocycles. The maximum absolute atomic E-state index is 5.47. The predicted octanol–water partition coefficient (Wildman–Crippen LogP) is 0.694. The second-order valence-corrected chi connectivity index (χ2v) is 3.76. The van der Waals surface area contributed by atoms with Gasteiger partial charge >= 0.3 is 0 Å². The topological polar surface area (TPSA) is 38.5 Å². The number of hydrogen-bond acceptors (Lipinski definition) is 3. The fourth-order valence-corrected chi connectivity index (χ4v) is 1.85. The second kappa shape index (κ2) is 6.35. The monoisotopic (exact) mass is 186 g/mol. The Balaban J connectivity index is 2.05. The van der Waals surface area contributed by atoms with Crippen molar-refractivity contribution in [3.63, 3.8) is 0 Å². The summed E-state index contributed by atoms with van der Waals surface area (Å²) in [5.41, 5.74) is 5.47. The van der Waals surface area contributed by atoms with Gasteiger partial charge in [-0.25, -0.2) is 0 Å². The van der Waals surface area contributed by atoms with E-state index in [2.05, 4.69) is 11.8 Å². The molecule has 1 heterocycles. The zero-order valence-corrected chi connectivity index (χ0v) is 8.67. The van der Waals surface area contributed by atoms with E-state index in [4.69, 9.17) is 10.5 Å². The molecular weight excluding hydrogens is 164 g/mol. The van der Waals surface area contributed by atoms with Crippen LogP contribution in [0.1, 0.15) is 19.8 Å². The van der Waals surface area contributed by atoms with Crippen LogP contribution in [0.5, 0.6) is 0 Å². The van der Waals surface area contributed by atoms with E-state index in [1.165, 1.54) is 26.1 Å². The quantitative estimate of drug-likeness (QED) is 0.663. The van der Waals surface area contributed by atoms with Crippen LogP contribution < -0.4 is 5.73 Å². The molecule has 1 fully saturated rings. The molecule has 3 nitrogen and oxygen atoms in total. The van der Waals surface area contributed by atoms with Crippen LogP contribution in [0.25, 0.3) is 0 Å². The number of ether oxygens (including phenoxy) is 1. The first-order chi connectivity index (χ1) is 6.36. The lowest BCUT2D eigenvalue weighted by molar-refractivity contribution is 0.112. The van der Waals surface area contributed by atoms with Crippen LogP contribution in [-0.2, 0) is 4.74 Å². The Labute approximate surface area is 81.2 Å². The average molecular weight is 186 g/mol. The highest BCUT2D eigenvalue weighted by atomic mass is 16.5. The van der Waals surface area contributed by atoms with E-state index in [0.29, 0.717) is 0 Å². The van der Waals surface area contributed by atoms with Gasteiger partial charge in [-0.05, 0) is 45.3 Å². The summed E-state index contributed by atoms with van der Waals surface area (Å²) in [7, 11) is 0. The van der Waals surface area contributed by atoms with E-state index in [0.717, 1.165) is 32.1 Å². The minimum absolute atomic E-state index is 0.762. The average Bonchev–Trinajstić information content (AvgIpc) is 2.59. The third kappa shape index (κ3) is 4.07. The lowest BCUT2D eigenvalue weighted by Gasteiger charge is -2.14. The van der Waals surface area contributed by atoms with Gasteiger partial charge < -0.3 is 15.4 Å². The van der Waals surface area contributed by atoms with Gasteiger partial charge in [0.1, 0.15) is 0 Å². The van der Waals surface area contributed by atoms with Crippen molar-refractivity contribution in [3.05, 3.63) is 0 Å². The summed E-state index contributed by atoms with van der Waals surface area (Å²) in [4.78, 5) is 2.50. The van der Waals surface area contributed by atoms with Gasteiger partial charge in [0.2, 0.25) is 0 Å². The molecule has 0 aromatic heterocycles. The summed E-state index contributed by atoms with van der Waals surface area (Å²) >= 11 is 0. The first-order valence-corrected chi connectivity index (χ1v) is 5.37. The van der Waals surface area contributed by atoms with Gasteiger partial charge in [0, 0.05) is 13.2 Å². The van der Waals surface area contributed by atoms with Crippen molar-refractivity contribution in [1.82, 2.24) is 4.90 Å². The van der Waals surface area contributed by atoms with Crippen LogP contribution in [0.4, 0.5) is 0 Å². The molecule has 0 bridgehead atoms. The van der Waals surface area contributed by atoms with E-state index in [9.17, 15) is 0 Å². The first-order valence-electron chi connectivity index (χ1n) is 5.37. The molecule has 0 aliphatic carbocycles. The number of rotatable bonds is 6. The fraction of sp³-hybridized carbons (Fsp3) is 1.00. The van der Waals surface area contributed by atoms with Crippen molar-refractivity contribution in [2.24, 2.45) is 11.7 Å². The van der Waals surface area contributed by atoms with E-state index < -0.39 is 0 Å². The Hall–Kier alpha value is -0.120. The summed E-state index contributed by atoms with van der Waals surface area (Å²) in [6.45, 7) is 8.26. The number of nitrogens with two attached hydrogens (primary N) is 1. The third-order valence-electron chi connectivity index (χ3n) is 2.61. The van der Waals surface area contributed by atoms with Crippen molar-refractivity contribution < 1.29 is 4.74 Å². The Kier molecular flexibility index (Phi) is 5.35. The molecule has 0 amide bonds. The molecule has 13 heavy (non-hydrogen) atoms. The molecule has 0 saturated carbocycles.